The van der Waals surface area contributed by atoms with Crippen LogP contribution in [0.5, 0.6) is 0 Å². The average molecular weight is 494 g/mol. The van der Waals surface area contributed by atoms with E-state index >= 15 is 0 Å². The molecule has 4 aliphatic heterocycles. The Morgan fingerprint density at radius 1 is 1.11 bits per heavy atom. The third-order valence-corrected chi connectivity index (χ3v) is 8.43. The fourth-order valence-corrected chi connectivity index (χ4v) is 6.60. The summed E-state index contributed by atoms with van der Waals surface area (Å²) >= 11 is 5.77. The van der Waals surface area contributed by atoms with Crippen LogP contribution in [0.2, 0.25) is 0 Å². The zero-order chi connectivity index (χ0) is 24.1. The van der Waals surface area contributed by atoms with E-state index in [0.717, 1.165) is 56.6 Å². The van der Waals surface area contributed by atoms with Gasteiger partial charge in [0, 0.05) is 37.5 Å². The van der Waals surface area contributed by atoms with Gasteiger partial charge in [0.15, 0.2) is 5.11 Å². The van der Waals surface area contributed by atoms with Crippen LogP contribution in [0.4, 0.5) is 10.5 Å². The number of anilines is 1. The van der Waals surface area contributed by atoms with Gasteiger partial charge >= 0.3 is 6.03 Å². The van der Waals surface area contributed by atoms with Crippen LogP contribution in [0.3, 0.4) is 0 Å². The Balaban J connectivity index is 1.16. The predicted molar refractivity (Wildman–Crippen MR) is 138 cm³/mol. The zero-order valence-corrected chi connectivity index (χ0v) is 20.7. The number of thiocarbonyl (C=S) groups is 1. The first-order valence-electron chi connectivity index (χ1n) is 12.5. The summed E-state index contributed by atoms with van der Waals surface area (Å²) in [5, 5.41) is 6.03. The van der Waals surface area contributed by atoms with Gasteiger partial charge in [-0.1, -0.05) is 43.3 Å². The monoisotopic (exact) mass is 493 g/mol. The van der Waals surface area contributed by atoms with Gasteiger partial charge in [-0.25, -0.2) is 9.69 Å². The molecular formula is C26H31N5O3S. The van der Waals surface area contributed by atoms with Gasteiger partial charge in [-0.2, -0.15) is 0 Å². The van der Waals surface area contributed by atoms with E-state index in [1.165, 1.54) is 4.90 Å². The second kappa shape index (κ2) is 9.04. The summed E-state index contributed by atoms with van der Waals surface area (Å²) in [5.41, 5.74) is 0.662. The summed E-state index contributed by atoms with van der Waals surface area (Å²) in [6.07, 6.45) is 0.999. The van der Waals surface area contributed by atoms with E-state index in [4.69, 9.17) is 17.0 Å². The molecule has 2 aromatic rings. The first-order chi connectivity index (χ1) is 17.1. The van der Waals surface area contributed by atoms with Crippen molar-refractivity contribution >= 4 is 45.7 Å². The molecule has 4 heterocycles. The Bertz CT molecular complexity index is 1160. The summed E-state index contributed by atoms with van der Waals surface area (Å²) in [5.74, 6) is 0.0428. The predicted octanol–water partition coefficient (Wildman–Crippen LogP) is 2.28. The highest BCUT2D eigenvalue weighted by molar-refractivity contribution is 7.80. The van der Waals surface area contributed by atoms with Crippen molar-refractivity contribution < 1.29 is 14.3 Å². The number of ether oxygens (including phenoxy) is 1. The zero-order valence-electron chi connectivity index (χ0n) is 19.9. The highest BCUT2D eigenvalue weighted by Gasteiger charge is 2.65. The number of nitrogens with zero attached hydrogens (tertiary/aromatic N) is 4. The number of imide groups is 1. The van der Waals surface area contributed by atoms with E-state index in [2.05, 4.69) is 22.0 Å². The van der Waals surface area contributed by atoms with Gasteiger partial charge in [-0.05, 0) is 36.6 Å². The molecule has 3 amide bonds. The molecule has 4 aliphatic rings. The number of nitrogens with one attached hydrogen (secondary N) is 1. The van der Waals surface area contributed by atoms with Crippen LogP contribution < -0.4 is 10.2 Å². The van der Waals surface area contributed by atoms with Crippen molar-refractivity contribution in [3.63, 3.8) is 0 Å². The summed E-state index contributed by atoms with van der Waals surface area (Å²) in [6, 6.07) is 12.8. The number of rotatable bonds is 5. The van der Waals surface area contributed by atoms with Crippen LogP contribution in [0.1, 0.15) is 13.3 Å². The molecule has 0 aliphatic carbocycles. The molecule has 0 aromatic heterocycles. The normalized spacial score (nSPS) is 28.3. The molecule has 0 radical (unpaired) electrons. The summed E-state index contributed by atoms with van der Waals surface area (Å²) < 4.78 is 5.41. The van der Waals surface area contributed by atoms with E-state index in [-0.39, 0.29) is 29.9 Å². The Kier molecular flexibility index (Phi) is 5.86. The molecule has 1 N–H and O–H groups in total. The maximum Gasteiger partial charge on any atom is 0.332 e. The Labute approximate surface area is 210 Å². The number of amides is 3. The van der Waals surface area contributed by atoms with Gasteiger partial charge in [0.25, 0.3) is 5.91 Å². The second-order valence-corrected chi connectivity index (χ2v) is 10.3. The van der Waals surface area contributed by atoms with Gasteiger partial charge in [-0.15, -0.1) is 0 Å². The molecule has 184 valence electrons. The summed E-state index contributed by atoms with van der Waals surface area (Å²) in [7, 11) is 0. The van der Waals surface area contributed by atoms with Crippen LogP contribution >= 0.6 is 12.2 Å². The quantitative estimate of drug-likeness (QED) is 0.389. The maximum absolute atomic E-state index is 13.7. The van der Waals surface area contributed by atoms with Crippen molar-refractivity contribution in [3.05, 3.63) is 42.5 Å². The highest BCUT2D eigenvalue weighted by Crippen LogP contribution is 2.46. The van der Waals surface area contributed by atoms with Crippen molar-refractivity contribution in [1.29, 1.82) is 0 Å². The van der Waals surface area contributed by atoms with Crippen LogP contribution in [0.15, 0.2) is 42.5 Å². The smallest absolute Gasteiger partial charge is 0.332 e. The van der Waals surface area contributed by atoms with Gasteiger partial charge in [0.1, 0.15) is 6.04 Å². The standard InChI is InChI=1S/C26H31N5O3S/c1-17-21-16-29(25(35)27-10-5-11-28-12-14-34-15-13-28)22(17)23-24(32)31(26(33)30(21)23)20-9-4-7-18-6-2-3-8-19(18)20/h2-4,6-9,17,21-23H,5,10-16H2,1H3,(H,27,35)/t17-,21?,22?,23?/m0/s1. The minimum absolute atomic E-state index is 0.0190. The molecule has 35 heavy (non-hydrogen) atoms. The molecule has 2 bridgehead atoms. The SMILES string of the molecule is C[C@@H]1C2C3C(=O)N(c4cccc5ccccc45)C(=O)N3C1CN2C(=S)NCCCN1CCOCC1. The number of fused-ring (bicyclic) bond motifs is 6. The lowest BCUT2D eigenvalue weighted by Gasteiger charge is -2.36. The molecule has 8 nitrogen and oxygen atoms in total. The molecule has 4 atom stereocenters. The van der Waals surface area contributed by atoms with Crippen LogP contribution in [-0.2, 0) is 9.53 Å². The summed E-state index contributed by atoms with van der Waals surface area (Å²) in [6.45, 7) is 8.20. The number of likely N-dealkylation sites (tertiary alicyclic amines) is 1. The van der Waals surface area contributed by atoms with Crippen LogP contribution in [0, 0.1) is 5.92 Å². The molecule has 9 heteroatoms. The highest BCUT2D eigenvalue weighted by atomic mass is 32.1. The molecule has 0 saturated carbocycles. The van der Waals surface area contributed by atoms with Gasteiger partial charge in [0.05, 0.1) is 31.0 Å². The molecule has 4 fully saturated rings. The molecular weight excluding hydrogens is 462 g/mol. The van der Waals surface area contributed by atoms with Crippen molar-refractivity contribution in [1.82, 2.24) is 20.0 Å². The van der Waals surface area contributed by atoms with Gasteiger partial charge in [0.2, 0.25) is 0 Å². The third-order valence-electron chi connectivity index (χ3n) is 8.05. The second-order valence-electron chi connectivity index (χ2n) is 9.92. The Morgan fingerprint density at radius 2 is 1.89 bits per heavy atom. The maximum atomic E-state index is 13.7. The van der Waals surface area contributed by atoms with Crippen molar-refractivity contribution in [2.24, 2.45) is 5.92 Å². The van der Waals surface area contributed by atoms with Crippen LogP contribution in [-0.4, -0.2) is 95.8 Å². The van der Waals surface area contributed by atoms with Crippen molar-refractivity contribution in [2.75, 3.05) is 50.8 Å². The topological polar surface area (TPSA) is 68.4 Å². The number of carbonyl (C=O) groups is 2. The molecule has 0 spiro atoms. The number of hydrogen-bond acceptors (Lipinski definition) is 5. The average Bonchev–Trinajstić information content (AvgIpc) is 3.46. The fourth-order valence-electron chi connectivity index (χ4n) is 6.31. The summed E-state index contributed by atoms with van der Waals surface area (Å²) in [4.78, 5) is 35.1. The van der Waals surface area contributed by atoms with E-state index in [1.54, 1.807) is 0 Å². The number of piperazine rings is 1. The van der Waals surface area contributed by atoms with Crippen molar-refractivity contribution in [3.8, 4) is 0 Å². The minimum Gasteiger partial charge on any atom is -0.379 e. The molecule has 3 unspecified atom stereocenters. The van der Waals surface area contributed by atoms with Crippen molar-refractivity contribution in [2.45, 2.75) is 31.5 Å². The first kappa shape index (κ1) is 22.7. The van der Waals surface area contributed by atoms with Crippen LogP contribution in [0.25, 0.3) is 10.8 Å². The number of urea groups is 1. The van der Waals surface area contributed by atoms with E-state index in [9.17, 15) is 9.59 Å². The fraction of sp³-hybridized carbons (Fsp3) is 0.500. The largest absolute Gasteiger partial charge is 0.379 e. The van der Waals surface area contributed by atoms with E-state index in [1.807, 2.05) is 47.4 Å². The van der Waals surface area contributed by atoms with E-state index in [0.29, 0.717) is 17.3 Å². The minimum atomic E-state index is -0.497. The van der Waals surface area contributed by atoms with E-state index < -0.39 is 6.04 Å². The van der Waals surface area contributed by atoms with Gasteiger partial charge in [-0.3, -0.25) is 9.69 Å². The Morgan fingerprint density at radius 3 is 2.71 bits per heavy atom. The van der Waals surface area contributed by atoms with Gasteiger partial charge < -0.3 is 19.9 Å². The molecule has 2 aromatic carbocycles. The first-order valence-corrected chi connectivity index (χ1v) is 13.0. The number of morpholine rings is 1. The number of hydrogen-bond donors (Lipinski definition) is 1. The number of carbonyl (C=O) groups excluding carboxylic acids is 2. The number of benzene rings is 2. The lowest BCUT2D eigenvalue weighted by Crippen LogP contribution is -2.57. The molecule has 6 rings (SSSR count). The lowest BCUT2D eigenvalue weighted by atomic mass is 9.99. The Hall–Kier alpha value is -2.75. The molecule has 4 saturated heterocycles. The lowest BCUT2D eigenvalue weighted by molar-refractivity contribution is -0.120. The third kappa shape index (κ3) is 3.68.